The quantitative estimate of drug-likeness (QED) is 0.723. The van der Waals surface area contributed by atoms with E-state index in [9.17, 15) is 9.59 Å². The van der Waals surface area contributed by atoms with E-state index in [0.29, 0.717) is 18.3 Å². The topological polar surface area (TPSA) is 70.2 Å². The van der Waals surface area contributed by atoms with E-state index in [1.165, 1.54) is 0 Å². The van der Waals surface area contributed by atoms with Crippen LogP contribution >= 0.6 is 12.4 Å². The highest BCUT2D eigenvalue weighted by molar-refractivity contribution is 5.95. The van der Waals surface area contributed by atoms with Crippen molar-refractivity contribution >= 4 is 35.6 Å². The summed E-state index contributed by atoms with van der Waals surface area (Å²) in [5.74, 6) is 1.40. The van der Waals surface area contributed by atoms with Crippen molar-refractivity contribution in [2.75, 3.05) is 23.7 Å². The van der Waals surface area contributed by atoms with Gasteiger partial charge < -0.3 is 16.0 Å². The van der Waals surface area contributed by atoms with E-state index in [-0.39, 0.29) is 30.1 Å². The van der Waals surface area contributed by atoms with Crippen molar-refractivity contribution in [3.8, 4) is 0 Å². The van der Waals surface area contributed by atoms with Crippen molar-refractivity contribution in [2.45, 2.75) is 39.0 Å². The molecule has 0 spiro atoms. The van der Waals surface area contributed by atoms with Crippen LogP contribution in [0.5, 0.6) is 0 Å². The third kappa shape index (κ3) is 6.01. The van der Waals surface area contributed by atoms with Crippen LogP contribution < -0.4 is 16.0 Å². The lowest BCUT2D eigenvalue weighted by molar-refractivity contribution is -0.118. The molecule has 2 aliphatic rings. The van der Waals surface area contributed by atoms with Crippen molar-refractivity contribution in [2.24, 2.45) is 17.8 Å². The summed E-state index contributed by atoms with van der Waals surface area (Å²) in [6, 6.07) is 7.36. The second-order valence-corrected chi connectivity index (χ2v) is 7.16. The summed E-state index contributed by atoms with van der Waals surface area (Å²) < 4.78 is 0. The molecule has 6 heteroatoms. The summed E-state index contributed by atoms with van der Waals surface area (Å²) in [5, 5.41) is 9.22. The molecular formula is C19H28ClN3O2. The molecular weight excluding hydrogens is 338 g/mol. The predicted octanol–water partition coefficient (Wildman–Crippen LogP) is 3.42. The van der Waals surface area contributed by atoms with Gasteiger partial charge in [0, 0.05) is 23.7 Å². The Kier molecular flexibility index (Phi) is 7.26. The van der Waals surface area contributed by atoms with Gasteiger partial charge in [-0.25, -0.2) is 0 Å². The summed E-state index contributed by atoms with van der Waals surface area (Å²) in [5.41, 5.74) is 1.56. The third-order valence-electron chi connectivity index (χ3n) is 5.08. The van der Waals surface area contributed by atoms with Gasteiger partial charge in [0.2, 0.25) is 11.8 Å². The number of hydrogen-bond donors (Lipinski definition) is 3. The maximum Gasteiger partial charge on any atom is 0.227 e. The predicted molar refractivity (Wildman–Crippen MR) is 103 cm³/mol. The number of rotatable bonds is 6. The summed E-state index contributed by atoms with van der Waals surface area (Å²) in [6.45, 7) is 4.29. The average Bonchev–Trinajstić information content (AvgIpc) is 3.42. The first-order chi connectivity index (χ1) is 11.6. The van der Waals surface area contributed by atoms with Crippen molar-refractivity contribution < 1.29 is 9.59 Å². The zero-order valence-electron chi connectivity index (χ0n) is 14.7. The van der Waals surface area contributed by atoms with Crippen LogP contribution in [0.3, 0.4) is 0 Å². The maximum atomic E-state index is 12.2. The molecule has 2 amide bonds. The van der Waals surface area contributed by atoms with Crippen LogP contribution in [0, 0.1) is 17.8 Å². The zero-order chi connectivity index (χ0) is 16.9. The summed E-state index contributed by atoms with van der Waals surface area (Å²) in [6.07, 6.45) is 4.86. The van der Waals surface area contributed by atoms with Gasteiger partial charge in [0.05, 0.1) is 0 Å². The Morgan fingerprint density at radius 1 is 1.04 bits per heavy atom. The van der Waals surface area contributed by atoms with Crippen LogP contribution in [0.25, 0.3) is 0 Å². The number of carbonyl (C=O) groups excluding carboxylic acids is 2. The first-order valence-corrected chi connectivity index (χ1v) is 9.03. The molecule has 1 saturated heterocycles. The van der Waals surface area contributed by atoms with Crippen LogP contribution in [-0.2, 0) is 9.59 Å². The minimum Gasteiger partial charge on any atom is -0.326 e. The van der Waals surface area contributed by atoms with E-state index in [2.05, 4.69) is 22.9 Å². The smallest absolute Gasteiger partial charge is 0.227 e. The van der Waals surface area contributed by atoms with Gasteiger partial charge in [0.25, 0.3) is 0 Å². The number of piperidine rings is 1. The molecule has 3 rings (SSSR count). The summed E-state index contributed by atoms with van der Waals surface area (Å²) in [7, 11) is 0. The van der Waals surface area contributed by atoms with E-state index < -0.39 is 0 Å². The fourth-order valence-corrected chi connectivity index (χ4v) is 3.31. The summed E-state index contributed by atoms with van der Waals surface area (Å²) >= 11 is 0. The molecule has 0 aromatic heterocycles. The van der Waals surface area contributed by atoms with Crippen molar-refractivity contribution in [3.63, 3.8) is 0 Å². The Morgan fingerprint density at radius 3 is 2.16 bits per heavy atom. The lowest BCUT2D eigenvalue weighted by atomic mass is 9.84. The highest BCUT2D eigenvalue weighted by atomic mass is 35.5. The van der Waals surface area contributed by atoms with Gasteiger partial charge in [-0.05, 0) is 74.9 Å². The maximum absolute atomic E-state index is 12.2. The minimum absolute atomic E-state index is 0. The molecule has 1 aliphatic heterocycles. The van der Waals surface area contributed by atoms with E-state index in [1.807, 2.05) is 24.3 Å². The van der Waals surface area contributed by atoms with Crippen LogP contribution in [0.2, 0.25) is 0 Å². The number of nitrogens with one attached hydrogen (secondary N) is 3. The number of amides is 2. The average molecular weight is 366 g/mol. The minimum atomic E-state index is 0. The van der Waals surface area contributed by atoms with Gasteiger partial charge >= 0.3 is 0 Å². The molecule has 5 nitrogen and oxygen atoms in total. The number of halogens is 1. The van der Waals surface area contributed by atoms with Gasteiger partial charge in [-0.2, -0.15) is 0 Å². The fraction of sp³-hybridized carbons (Fsp3) is 0.579. The largest absolute Gasteiger partial charge is 0.326 e. The Hall–Kier alpha value is -1.59. The molecule has 3 N–H and O–H groups in total. The SMILES string of the molecule is CC(CC(=O)Nc1ccc(NC(=O)C2CC2)cc1)C1CCNCC1.Cl. The van der Waals surface area contributed by atoms with Gasteiger partial charge in [-0.1, -0.05) is 6.92 Å². The Labute approximate surface area is 155 Å². The van der Waals surface area contributed by atoms with Crippen LogP contribution in [0.4, 0.5) is 11.4 Å². The van der Waals surface area contributed by atoms with Crippen molar-refractivity contribution in [1.29, 1.82) is 0 Å². The first kappa shape index (κ1) is 19.7. The van der Waals surface area contributed by atoms with Crippen molar-refractivity contribution in [1.82, 2.24) is 5.32 Å². The molecule has 138 valence electrons. The van der Waals surface area contributed by atoms with Crippen LogP contribution in [-0.4, -0.2) is 24.9 Å². The molecule has 1 unspecified atom stereocenters. The number of hydrogen-bond acceptors (Lipinski definition) is 3. The van der Waals surface area contributed by atoms with Gasteiger partial charge in [0.15, 0.2) is 0 Å². The number of carbonyl (C=O) groups is 2. The standard InChI is InChI=1S/C19H27N3O2.ClH/c1-13(14-8-10-20-11-9-14)12-18(23)21-16-4-6-17(7-5-16)22-19(24)15-2-3-15;/h4-7,13-15,20H,2-3,8-12H2,1H3,(H,21,23)(H,22,24);1H. The molecule has 25 heavy (non-hydrogen) atoms. The lowest BCUT2D eigenvalue weighted by Gasteiger charge is -2.27. The molecule has 1 aromatic rings. The second kappa shape index (κ2) is 9.20. The Morgan fingerprint density at radius 2 is 1.60 bits per heavy atom. The Balaban J connectivity index is 0.00000225. The monoisotopic (exact) mass is 365 g/mol. The normalized spacial score (nSPS) is 18.8. The van der Waals surface area contributed by atoms with Gasteiger partial charge in [-0.15, -0.1) is 12.4 Å². The molecule has 2 fully saturated rings. The molecule has 1 aliphatic carbocycles. The molecule has 1 atom stereocenters. The third-order valence-corrected chi connectivity index (χ3v) is 5.08. The van der Waals surface area contributed by atoms with Crippen LogP contribution in [0.15, 0.2) is 24.3 Å². The summed E-state index contributed by atoms with van der Waals surface area (Å²) in [4.78, 5) is 24.0. The first-order valence-electron chi connectivity index (χ1n) is 9.03. The van der Waals surface area contributed by atoms with E-state index in [0.717, 1.165) is 50.1 Å². The molecule has 0 radical (unpaired) electrons. The lowest BCUT2D eigenvalue weighted by Crippen LogP contribution is -2.32. The highest BCUT2D eigenvalue weighted by Gasteiger charge is 2.29. The number of benzene rings is 1. The van der Waals surface area contributed by atoms with Crippen LogP contribution in [0.1, 0.15) is 39.0 Å². The van der Waals surface area contributed by atoms with E-state index in [4.69, 9.17) is 0 Å². The van der Waals surface area contributed by atoms with Gasteiger partial charge in [0.1, 0.15) is 0 Å². The van der Waals surface area contributed by atoms with Gasteiger partial charge in [-0.3, -0.25) is 9.59 Å². The van der Waals surface area contributed by atoms with E-state index in [1.54, 1.807) is 0 Å². The zero-order valence-corrected chi connectivity index (χ0v) is 15.5. The molecule has 1 saturated carbocycles. The highest BCUT2D eigenvalue weighted by Crippen LogP contribution is 2.30. The second-order valence-electron chi connectivity index (χ2n) is 7.16. The molecule has 0 bridgehead atoms. The number of anilines is 2. The van der Waals surface area contributed by atoms with E-state index >= 15 is 0 Å². The van der Waals surface area contributed by atoms with Crippen molar-refractivity contribution in [3.05, 3.63) is 24.3 Å². The fourth-order valence-electron chi connectivity index (χ4n) is 3.31. The molecule has 1 aromatic carbocycles. The molecule has 1 heterocycles. The Bertz CT molecular complexity index is 581.